The minimum Gasteiger partial charge on any atom is -0.352 e. The molecule has 1 N–H and O–H groups in total. The number of hydrogen-bond acceptors (Lipinski definition) is 4. The number of rotatable bonds is 6. The third-order valence-corrected chi connectivity index (χ3v) is 7.99. The molecule has 2 aromatic carbocycles. The number of aryl methyl sites for hydroxylation is 1. The molecule has 2 amide bonds. The standard InChI is InChI=1S/C28H35N3O2S/c1-19-8-5-11-22(16-19)17-26-28(33)30(4)24-18-23(12-13-25(24)34-26)27(32)29-14-7-15-31-20(2)9-6-10-21(31)3/h5,8,11-13,16-18,20-21H,6-7,9-10,14-15H2,1-4H3,(H,29,32)/b26-17+. The third kappa shape index (κ3) is 5.56. The van der Waals surface area contributed by atoms with Crippen LogP contribution in [0.3, 0.4) is 0 Å². The van der Waals surface area contributed by atoms with Crippen molar-refractivity contribution in [1.82, 2.24) is 10.2 Å². The predicted molar refractivity (Wildman–Crippen MR) is 141 cm³/mol. The molecule has 2 aliphatic rings. The topological polar surface area (TPSA) is 52.7 Å². The Kier molecular flexibility index (Phi) is 7.79. The van der Waals surface area contributed by atoms with Gasteiger partial charge in [-0.1, -0.05) is 48.0 Å². The summed E-state index contributed by atoms with van der Waals surface area (Å²) in [5.74, 6) is -0.143. The molecule has 2 heterocycles. The molecule has 0 bridgehead atoms. The first-order chi connectivity index (χ1) is 16.3. The summed E-state index contributed by atoms with van der Waals surface area (Å²) in [7, 11) is 1.77. The van der Waals surface area contributed by atoms with Crippen molar-refractivity contribution in [2.45, 2.75) is 63.4 Å². The van der Waals surface area contributed by atoms with Gasteiger partial charge in [0.2, 0.25) is 0 Å². The van der Waals surface area contributed by atoms with Crippen molar-refractivity contribution in [3.8, 4) is 0 Å². The minimum atomic E-state index is -0.0884. The second-order valence-electron chi connectivity index (χ2n) is 9.55. The molecule has 34 heavy (non-hydrogen) atoms. The Morgan fingerprint density at radius 2 is 1.91 bits per heavy atom. The van der Waals surface area contributed by atoms with Gasteiger partial charge in [-0.05, 0) is 69.9 Å². The number of nitrogens with one attached hydrogen (secondary N) is 1. The summed E-state index contributed by atoms with van der Waals surface area (Å²) in [5.41, 5.74) is 3.54. The number of likely N-dealkylation sites (N-methyl/N-ethyl adjacent to an activating group) is 1. The first kappa shape index (κ1) is 24.6. The van der Waals surface area contributed by atoms with Crippen LogP contribution in [0.25, 0.3) is 6.08 Å². The zero-order valence-corrected chi connectivity index (χ0v) is 21.5. The smallest absolute Gasteiger partial charge is 0.264 e. The van der Waals surface area contributed by atoms with Crippen LogP contribution in [0.2, 0.25) is 0 Å². The molecule has 0 spiro atoms. The van der Waals surface area contributed by atoms with Crippen LogP contribution in [0.4, 0.5) is 5.69 Å². The number of fused-ring (bicyclic) bond motifs is 1. The van der Waals surface area contributed by atoms with Crippen LogP contribution >= 0.6 is 11.8 Å². The molecule has 0 aliphatic carbocycles. The highest BCUT2D eigenvalue weighted by atomic mass is 32.2. The first-order valence-electron chi connectivity index (χ1n) is 12.3. The van der Waals surface area contributed by atoms with Crippen molar-refractivity contribution in [3.63, 3.8) is 0 Å². The van der Waals surface area contributed by atoms with E-state index in [-0.39, 0.29) is 11.8 Å². The fraction of sp³-hybridized carbons (Fsp3) is 0.429. The lowest BCUT2D eigenvalue weighted by molar-refractivity contribution is -0.114. The normalized spacial score (nSPS) is 22.1. The van der Waals surface area contributed by atoms with E-state index in [1.165, 1.54) is 31.0 Å². The predicted octanol–water partition coefficient (Wildman–Crippen LogP) is 5.49. The maximum atomic E-state index is 13.0. The van der Waals surface area contributed by atoms with E-state index in [9.17, 15) is 9.59 Å². The molecule has 180 valence electrons. The van der Waals surface area contributed by atoms with E-state index in [1.807, 2.05) is 49.4 Å². The largest absolute Gasteiger partial charge is 0.352 e. The van der Waals surface area contributed by atoms with Gasteiger partial charge in [-0.15, -0.1) is 0 Å². The number of carbonyl (C=O) groups is 2. The van der Waals surface area contributed by atoms with E-state index in [2.05, 4.69) is 30.1 Å². The fourth-order valence-corrected chi connectivity index (χ4v) is 6.02. The lowest BCUT2D eigenvalue weighted by atomic mass is 9.97. The van der Waals surface area contributed by atoms with Crippen molar-refractivity contribution < 1.29 is 9.59 Å². The van der Waals surface area contributed by atoms with Crippen molar-refractivity contribution in [1.29, 1.82) is 0 Å². The number of piperidine rings is 1. The molecule has 0 aromatic heterocycles. The van der Waals surface area contributed by atoms with E-state index in [0.29, 0.717) is 29.1 Å². The molecule has 6 heteroatoms. The van der Waals surface area contributed by atoms with E-state index >= 15 is 0 Å². The molecule has 2 aromatic rings. The van der Waals surface area contributed by atoms with Crippen molar-refractivity contribution in [3.05, 3.63) is 64.1 Å². The second kappa shape index (κ2) is 10.8. The van der Waals surface area contributed by atoms with Gasteiger partial charge in [-0.3, -0.25) is 14.5 Å². The number of benzene rings is 2. The number of nitrogens with zero attached hydrogens (tertiary/aromatic N) is 2. The lowest BCUT2D eigenvalue weighted by Gasteiger charge is -2.39. The van der Waals surface area contributed by atoms with Gasteiger partial charge in [-0.25, -0.2) is 0 Å². The Bertz CT molecular complexity index is 1090. The van der Waals surface area contributed by atoms with Crippen LogP contribution in [-0.4, -0.2) is 48.9 Å². The Morgan fingerprint density at radius 1 is 1.15 bits per heavy atom. The minimum absolute atomic E-state index is 0.0543. The van der Waals surface area contributed by atoms with Crippen LogP contribution in [-0.2, 0) is 4.79 Å². The van der Waals surface area contributed by atoms with E-state index in [4.69, 9.17) is 0 Å². The van der Waals surface area contributed by atoms with Gasteiger partial charge in [0.15, 0.2) is 0 Å². The van der Waals surface area contributed by atoms with Crippen molar-refractivity contribution >= 4 is 35.3 Å². The molecule has 1 fully saturated rings. The molecular formula is C28H35N3O2S. The summed E-state index contributed by atoms with van der Waals surface area (Å²) in [4.78, 5) is 31.7. The summed E-state index contributed by atoms with van der Waals surface area (Å²) in [6, 6.07) is 15.0. The molecule has 4 rings (SSSR count). The van der Waals surface area contributed by atoms with E-state index < -0.39 is 0 Å². The average Bonchev–Trinajstić information content (AvgIpc) is 2.81. The quantitative estimate of drug-likeness (QED) is 0.442. The number of carbonyl (C=O) groups excluding carboxylic acids is 2. The van der Waals surface area contributed by atoms with Gasteiger partial charge in [-0.2, -0.15) is 0 Å². The molecule has 0 radical (unpaired) electrons. The maximum Gasteiger partial charge on any atom is 0.264 e. The van der Waals surface area contributed by atoms with Crippen LogP contribution in [0, 0.1) is 6.92 Å². The highest BCUT2D eigenvalue weighted by Gasteiger charge is 2.27. The fourth-order valence-electron chi connectivity index (χ4n) is 4.93. The molecule has 1 saturated heterocycles. The van der Waals surface area contributed by atoms with Crippen LogP contribution in [0.1, 0.15) is 61.0 Å². The van der Waals surface area contributed by atoms with Crippen LogP contribution in [0.5, 0.6) is 0 Å². The number of likely N-dealkylation sites (tertiary alicyclic amines) is 1. The Morgan fingerprint density at radius 3 is 2.65 bits per heavy atom. The zero-order chi connectivity index (χ0) is 24.2. The molecule has 2 unspecified atom stereocenters. The molecule has 2 atom stereocenters. The molecule has 2 aliphatic heterocycles. The first-order valence-corrected chi connectivity index (χ1v) is 13.1. The maximum absolute atomic E-state index is 13.0. The number of thioether (sulfide) groups is 1. The van der Waals surface area contributed by atoms with Crippen LogP contribution < -0.4 is 10.2 Å². The molecular weight excluding hydrogens is 442 g/mol. The van der Waals surface area contributed by atoms with Gasteiger partial charge >= 0.3 is 0 Å². The van der Waals surface area contributed by atoms with Gasteiger partial charge < -0.3 is 10.2 Å². The van der Waals surface area contributed by atoms with Crippen LogP contribution in [0.15, 0.2) is 52.3 Å². The lowest BCUT2D eigenvalue weighted by Crippen LogP contribution is -2.44. The molecule has 5 nitrogen and oxygen atoms in total. The summed E-state index contributed by atoms with van der Waals surface area (Å²) in [6.07, 6.45) is 6.71. The van der Waals surface area contributed by atoms with Crippen molar-refractivity contribution in [2.75, 3.05) is 25.0 Å². The third-order valence-electron chi connectivity index (χ3n) is 6.91. The van der Waals surface area contributed by atoms with E-state index in [0.717, 1.165) is 34.7 Å². The number of anilines is 1. The van der Waals surface area contributed by atoms with Gasteiger partial charge in [0, 0.05) is 42.7 Å². The highest BCUT2D eigenvalue weighted by Crippen LogP contribution is 2.42. The monoisotopic (exact) mass is 477 g/mol. The SMILES string of the molecule is Cc1cccc(/C=C2/Sc3ccc(C(=O)NCCCN4C(C)CCCC4C)cc3N(C)C2=O)c1. The summed E-state index contributed by atoms with van der Waals surface area (Å²) < 4.78 is 0. The van der Waals surface area contributed by atoms with Gasteiger partial charge in [0.25, 0.3) is 11.8 Å². The van der Waals surface area contributed by atoms with E-state index in [1.54, 1.807) is 11.9 Å². The number of amides is 2. The van der Waals surface area contributed by atoms with Gasteiger partial charge in [0.1, 0.15) is 0 Å². The Balaban J connectivity index is 1.38. The highest BCUT2D eigenvalue weighted by molar-refractivity contribution is 8.04. The summed E-state index contributed by atoms with van der Waals surface area (Å²) >= 11 is 1.46. The second-order valence-corrected chi connectivity index (χ2v) is 10.6. The van der Waals surface area contributed by atoms with Crippen molar-refractivity contribution in [2.24, 2.45) is 0 Å². The van der Waals surface area contributed by atoms with Gasteiger partial charge in [0.05, 0.1) is 10.6 Å². The number of hydrogen-bond donors (Lipinski definition) is 1. The Labute approximate surface area is 207 Å². The average molecular weight is 478 g/mol. The summed E-state index contributed by atoms with van der Waals surface area (Å²) in [6.45, 7) is 8.31. The molecule has 0 saturated carbocycles. The Hall–Kier alpha value is -2.57. The zero-order valence-electron chi connectivity index (χ0n) is 20.6. The summed E-state index contributed by atoms with van der Waals surface area (Å²) in [5, 5.41) is 3.06.